The van der Waals surface area contributed by atoms with Crippen molar-refractivity contribution < 1.29 is 21.5 Å². The summed E-state index contributed by atoms with van der Waals surface area (Å²) in [4.78, 5) is 0. The third-order valence-electron chi connectivity index (χ3n) is 4.43. The van der Waals surface area contributed by atoms with Crippen molar-refractivity contribution in [2.24, 2.45) is 0 Å². The average Bonchev–Trinajstić information content (AvgIpc) is 2.49. The lowest BCUT2D eigenvalue weighted by molar-refractivity contribution is -0.913. The van der Waals surface area contributed by atoms with Crippen molar-refractivity contribution in [1.29, 1.82) is 0 Å². The molecule has 0 N–H and O–H groups in total. The minimum absolute atomic E-state index is 0. The SMILES string of the molecule is CC[N+](C)(C)C(Cc1ccccc1)Cc1ccccc1.[Br-]. The van der Waals surface area contributed by atoms with E-state index in [1.54, 1.807) is 0 Å². The predicted molar refractivity (Wildman–Crippen MR) is 86.7 cm³/mol. The molecule has 2 aromatic rings. The molecule has 0 fully saturated rings. The Morgan fingerprint density at radius 2 is 1.14 bits per heavy atom. The molecule has 21 heavy (non-hydrogen) atoms. The number of quaternary nitrogens is 1. The summed E-state index contributed by atoms with van der Waals surface area (Å²) in [7, 11) is 4.69. The second kappa shape index (κ2) is 8.35. The van der Waals surface area contributed by atoms with Gasteiger partial charge in [0.1, 0.15) is 0 Å². The maximum atomic E-state index is 2.34. The first-order valence-electron chi connectivity index (χ1n) is 7.52. The van der Waals surface area contributed by atoms with Crippen molar-refractivity contribution >= 4 is 0 Å². The van der Waals surface area contributed by atoms with Crippen molar-refractivity contribution in [3.63, 3.8) is 0 Å². The molecule has 2 heteroatoms. The maximum Gasteiger partial charge on any atom is 0.0967 e. The van der Waals surface area contributed by atoms with E-state index in [-0.39, 0.29) is 17.0 Å². The highest BCUT2D eigenvalue weighted by Gasteiger charge is 2.26. The van der Waals surface area contributed by atoms with E-state index in [9.17, 15) is 0 Å². The summed E-state index contributed by atoms with van der Waals surface area (Å²) in [5, 5.41) is 0. The van der Waals surface area contributed by atoms with Gasteiger partial charge < -0.3 is 21.5 Å². The second-order valence-corrected chi connectivity index (χ2v) is 6.13. The van der Waals surface area contributed by atoms with E-state index in [0.717, 1.165) is 23.9 Å². The van der Waals surface area contributed by atoms with Crippen molar-refractivity contribution in [2.45, 2.75) is 25.8 Å². The highest BCUT2D eigenvalue weighted by molar-refractivity contribution is 5.19. The number of rotatable bonds is 6. The molecule has 0 saturated carbocycles. The van der Waals surface area contributed by atoms with Crippen LogP contribution < -0.4 is 17.0 Å². The topological polar surface area (TPSA) is 0 Å². The molecular weight excluding hydrogens is 322 g/mol. The highest BCUT2D eigenvalue weighted by Crippen LogP contribution is 2.18. The van der Waals surface area contributed by atoms with Gasteiger partial charge in [-0.15, -0.1) is 0 Å². The van der Waals surface area contributed by atoms with Gasteiger partial charge in [0.25, 0.3) is 0 Å². The Hall–Kier alpha value is -1.12. The van der Waals surface area contributed by atoms with Gasteiger partial charge in [-0.2, -0.15) is 0 Å². The van der Waals surface area contributed by atoms with Gasteiger partial charge in [0.15, 0.2) is 0 Å². The Labute approximate surface area is 140 Å². The molecule has 0 radical (unpaired) electrons. The zero-order valence-corrected chi connectivity index (χ0v) is 14.9. The van der Waals surface area contributed by atoms with Gasteiger partial charge in [-0.3, -0.25) is 0 Å². The molecule has 0 atom stereocenters. The first kappa shape index (κ1) is 17.9. The lowest BCUT2D eigenvalue weighted by Gasteiger charge is -2.37. The third-order valence-corrected chi connectivity index (χ3v) is 4.43. The lowest BCUT2D eigenvalue weighted by Crippen LogP contribution is -3.00. The molecule has 0 aliphatic rings. The molecule has 0 spiro atoms. The van der Waals surface area contributed by atoms with Crippen LogP contribution >= 0.6 is 0 Å². The molecule has 2 aromatic carbocycles. The van der Waals surface area contributed by atoms with Crippen LogP contribution in [0.1, 0.15) is 18.1 Å². The fourth-order valence-electron chi connectivity index (χ4n) is 2.60. The normalized spacial score (nSPS) is 11.2. The third kappa shape index (κ3) is 5.29. The van der Waals surface area contributed by atoms with Crippen LogP contribution in [0.3, 0.4) is 0 Å². The molecule has 0 amide bonds. The second-order valence-electron chi connectivity index (χ2n) is 6.13. The van der Waals surface area contributed by atoms with Crippen LogP contribution in [0, 0.1) is 0 Å². The standard InChI is InChI=1S/C19H26N.BrH/c1-4-20(2,3)19(15-17-11-7-5-8-12-17)16-18-13-9-6-10-14-18;/h5-14,19H,4,15-16H2,1-3H3;1H/q+1;/p-1. The Morgan fingerprint density at radius 1 is 0.762 bits per heavy atom. The average molecular weight is 348 g/mol. The van der Waals surface area contributed by atoms with Crippen molar-refractivity contribution in [2.75, 3.05) is 20.6 Å². The fraction of sp³-hybridized carbons (Fsp3) is 0.368. The summed E-state index contributed by atoms with van der Waals surface area (Å²) in [6.45, 7) is 3.44. The summed E-state index contributed by atoms with van der Waals surface area (Å²) in [5.41, 5.74) is 2.88. The molecule has 0 aliphatic heterocycles. The largest absolute Gasteiger partial charge is 1.00 e. The van der Waals surface area contributed by atoms with Crippen LogP contribution in [0.4, 0.5) is 0 Å². The molecule has 2 rings (SSSR count). The molecule has 0 bridgehead atoms. The molecule has 0 unspecified atom stereocenters. The van der Waals surface area contributed by atoms with Crippen LogP contribution in [-0.2, 0) is 12.8 Å². The summed E-state index contributed by atoms with van der Waals surface area (Å²) in [5.74, 6) is 0. The van der Waals surface area contributed by atoms with E-state index in [0.29, 0.717) is 6.04 Å². The molecule has 0 aromatic heterocycles. The quantitative estimate of drug-likeness (QED) is 0.682. The number of benzene rings is 2. The van der Waals surface area contributed by atoms with Gasteiger partial charge in [-0.05, 0) is 18.1 Å². The molecule has 0 saturated heterocycles. The summed E-state index contributed by atoms with van der Waals surface area (Å²) >= 11 is 0. The Kier molecular flexibility index (Phi) is 7.13. The molecular formula is C19H26BrN. The zero-order valence-electron chi connectivity index (χ0n) is 13.3. The van der Waals surface area contributed by atoms with Gasteiger partial charge in [-0.25, -0.2) is 0 Å². The number of hydrogen-bond donors (Lipinski definition) is 0. The number of likely N-dealkylation sites (N-methyl/N-ethyl adjacent to an activating group) is 1. The van der Waals surface area contributed by atoms with Gasteiger partial charge >= 0.3 is 0 Å². The Morgan fingerprint density at radius 3 is 1.48 bits per heavy atom. The Balaban J connectivity index is 0.00000220. The van der Waals surface area contributed by atoms with E-state index in [1.807, 2.05) is 0 Å². The minimum Gasteiger partial charge on any atom is -1.00 e. The summed E-state index contributed by atoms with van der Waals surface area (Å²) in [6.07, 6.45) is 2.27. The number of hydrogen-bond acceptors (Lipinski definition) is 0. The first-order valence-corrected chi connectivity index (χ1v) is 7.52. The highest BCUT2D eigenvalue weighted by atomic mass is 79.9. The molecule has 1 nitrogen and oxygen atoms in total. The van der Waals surface area contributed by atoms with Crippen LogP contribution in [0.15, 0.2) is 60.7 Å². The number of nitrogens with zero attached hydrogens (tertiary/aromatic N) is 1. The van der Waals surface area contributed by atoms with E-state index in [2.05, 4.69) is 81.7 Å². The van der Waals surface area contributed by atoms with Crippen molar-refractivity contribution in [3.05, 3.63) is 71.8 Å². The van der Waals surface area contributed by atoms with Crippen molar-refractivity contribution in [3.8, 4) is 0 Å². The molecule has 0 heterocycles. The van der Waals surface area contributed by atoms with E-state index >= 15 is 0 Å². The van der Waals surface area contributed by atoms with Crippen molar-refractivity contribution in [1.82, 2.24) is 0 Å². The smallest absolute Gasteiger partial charge is 0.0967 e. The monoisotopic (exact) mass is 347 g/mol. The summed E-state index contributed by atoms with van der Waals surface area (Å²) in [6, 6.07) is 22.3. The predicted octanol–water partition coefficient (Wildman–Crippen LogP) is 0.941. The minimum atomic E-state index is 0. The van der Waals surface area contributed by atoms with Gasteiger partial charge in [0, 0.05) is 12.8 Å². The molecule has 114 valence electrons. The number of halogens is 1. The molecule has 0 aliphatic carbocycles. The fourth-order valence-corrected chi connectivity index (χ4v) is 2.60. The zero-order chi connectivity index (χ0) is 14.4. The lowest BCUT2D eigenvalue weighted by atomic mass is 9.96. The van der Waals surface area contributed by atoms with Crippen LogP contribution in [0.2, 0.25) is 0 Å². The van der Waals surface area contributed by atoms with Gasteiger partial charge in [-0.1, -0.05) is 60.7 Å². The van der Waals surface area contributed by atoms with Crippen LogP contribution in [0.25, 0.3) is 0 Å². The van der Waals surface area contributed by atoms with Crippen LogP contribution in [0.5, 0.6) is 0 Å². The van der Waals surface area contributed by atoms with E-state index in [4.69, 9.17) is 0 Å². The maximum absolute atomic E-state index is 2.34. The van der Waals surface area contributed by atoms with Gasteiger partial charge in [0.05, 0.1) is 26.7 Å². The Bertz CT molecular complexity index is 466. The van der Waals surface area contributed by atoms with Gasteiger partial charge in [0.2, 0.25) is 0 Å². The first-order chi connectivity index (χ1) is 9.62. The van der Waals surface area contributed by atoms with E-state index in [1.165, 1.54) is 11.1 Å². The van der Waals surface area contributed by atoms with Crippen LogP contribution in [-0.4, -0.2) is 31.2 Å². The van der Waals surface area contributed by atoms with E-state index < -0.39 is 0 Å². The summed E-state index contributed by atoms with van der Waals surface area (Å²) < 4.78 is 1.06.